The number of carbonyl (C=O) groups is 1. The average Bonchev–Trinajstić information content (AvgIpc) is 2.05. The average molecular weight is 171 g/mol. The second kappa shape index (κ2) is 6.85. The van der Waals surface area contributed by atoms with Crippen LogP contribution in [0.1, 0.15) is 26.7 Å². The Labute approximate surface area is 73.8 Å². The Morgan fingerprint density at radius 2 is 2.42 bits per heavy atom. The first-order chi connectivity index (χ1) is 5.70. The molecule has 0 aliphatic rings. The Balaban J connectivity index is 3.38. The molecule has 0 saturated carbocycles. The van der Waals surface area contributed by atoms with Gasteiger partial charge in [0.2, 0.25) is 0 Å². The van der Waals surface area contributed by atoms with Crippen LogP contribution in [0.2, 0.25) is 0 Å². The molecule has 0 amide bonds. The summed E-state index contributed by atoms with van der Waals surface area (Å²) in [5, 5.41) is 3.06. The molecule has 0 heterocycles. The van der Waals surface area contributed by atoms with E-state index in [1.807, 2.05) is 0 Å². The van der Waals surface area contributed by atoms with Crippen molar-refractivity contribution in [3.05, 3.63) is 12.7 Å². The maximum Gasteiger partial charge on any atom is 0.331 e. The fraction of sp³-hybridized carbons (Fsp3) is 0.667. The predicted molar refractivity (Wildman–Crippen MR) is 48.7 cm³/mol. The molecule has 0 radical (unpaired) electrons. The lowest BCUT2D eigenvalue weighted by atomic mass is 10.3. The van der Waals surface area contributed by atoms with Gasteiger partial charge in [-0.1, -0.05) is 19.9 Å². The molecule has 0 aromatic carbocycles. The lowest BCUT2D eigenvalue weighted by Crippen LogP contribution is -2.31. The van der Waals surface area contributed by atoms with Crippen LogP contribution < -0.4 is 5.32 Å². The van der Waals surface area contributed by atoms with Crippen molar-refractivity contribution in [3.63, 3.8) is 0 Å². The summed E-state index contributed by atoms with van der Waals surface area (Å²) in [6.45, 7) is 8.10. The summed E-state index contributed by atoms with van der Waals surface area (Å²) < 4.78 is 4.88. The van der Waals surface area contributed by atoms with Gasteiger partial charge in [-0.15, -0.1) is 0 Å². The van der Waals surface area contributed by atoms with Crippen molar-refractivity contribution in [1.29, 1.82) is 0 Å². The van der Waals surface area contributed by atoms with Gasteiger partial charge >= 0.3 is 5.97 Å². The molecule has 12 heavy (non-hydrogen) atoms. The molecule has 0 fully saturated rings. The molecule has 1 N–H and O–H groups in total. The van der Waals surface area contributed by atoms with Crippen LogP contribution in [-0.4, -0.2) is 18.7 Å². The summed E-state index contributed by atoms with van der Waals surface area (Å²) in [4.78, 5) is 10.7. The van der Waals surface area contributed by atoms with Gasteiger partial charge in [-0.3, -0.25) is 5.32 Å². The van der Waals surface area contributed by atoms with Gasteiger partial charge in [-0.25, -0.2) is 4.79 Å². The van der Waals surface area contributed by atoms with Gasteiger partial charge in [0.05, 0.1) is 0 Å². The van der Waals surface area contributed by atoms with Crippen molar-refractivity contribution in [2.75, 3.05) is 6.54 Å². The Hall–Kier alpha value is -0.830. The van der Waals surface area contributed by atoms with Crippen molar-refractivity contribution >= 4 is 5.97 Å². The summed E-state index contributed by atoms with van der Waals surface area (Å²) in [7, 11) is 0. The molecule has 0 bridgehead atoms. The first kappa shape index (κ1) is 11.2. The Kier molecular flexibility index (Phi) is 6.38. The maximum absolute atomic E-state index is 10.7. The molecule has 1 atom stereocenters. The van der Waals surface area contributed by atoms with Crippen molar-refractivity contribution in [2.45, 2.75) is 32.9 Å². The van der Waals surface area contributed by atoms with E-state index in [0.717, 1.165) is 25.5 Å². The quantitative estimate of drug-likeness (QED) is 0.284. The van der Waals surface area contributed by atoms with E-state index in [0.29, 0.717) is 0 Å². The smallest absolute Gasteiger partial charge is 0.331 e. The number of carbonyl (C=O) groups excluding carboxylic acids is 1. The van der Waals surface area contributed by atoms with E-state index in [1.165, 1.54) is 0 Å². The van der Waals surface area contributed by atoms with Gasteiger partial charge in [0.25, 0.3) is 0 Å². The number of esters is 1. The number of hydrogen-bond acceptors (Lipinski definition) is 3. The minimum atomic E-state index is -0.383. The highest BCUT2D eigenvalue weighted by Gasteiger charge is 2.03. The molecule has 0 spiro atoms. The van der Waals surface area contributed by atoms with Crippen molar-refractivity contribution in [2.24, 2.45) is 0 Å². The van der Waals surface area contributed by atoms with Gasteiger partial charge < -0.3 is 4.74 Å². The van der Waals surface area contributed by atoms with E-state index in [2.05, 4.69) is 18.8 Å². The van der Waals surface area contributed by atoms with Crippen LogP contribution in [0, 0.1) is 0 Å². The third-order valence-electron chi connectivity index (χ3n) is 1.42. The van der Waals surface area contributed by atoms with E-state index in [1.54, 1.807) is 6.92 Å². The summed E-state index contributed by atoms with van der Waals surface area (Å²) >= 11 is 0. The third kappa shape index (κ3) is 5.92. The molecule has 0 aromatic rings. The normalized spacial score (nSPS) is 12.2. The third-order valence-corrected chi connectivity index (χ3v) is 1.42. The minimum Gasteiger partial charge on any atom is -0.444 e. The first-order valence-corrected chi connectivity index (χ1v) is 4.27. The predicted octanol–water partition coefficient (Wildman–Crippen LogP) is 1.45. The van der Waals surface area contributed by atoms with Crippen LogP contribution in [-0.2, 0) is 9.53 Å². The van der Waals surface area contributed by atoms with E-state index in [9.17, 15) is 4.79 Å². The van der Waals surface area contributed by atoms with Gasteiger partial charge in [0.1, 0.15) is 0 Å². The summed E-state index contributed by atoms with van der Waals surface area (Å²) in [5.74, 6) is -0.383. The highest BCUT2D eigenvalue weighted by atomic mass is 16.6. The van der Waals surface area contributed by atoms with E-state index >= 15 is 0 Å². The molecular weight excluding hydrogens is 154 g/mol. The van der Waals surface area contributed by atoms with Crippen molar-refractivity contribution in [1.82, 2.24) is 5.32 Å². The van der Waals surface area contributed by atoms with E-state index < -0.39 is 0 Å². The SMILES string of the molecule is C=CC(=O)OC(C)NCCCC. The van der Waals surface area contributed by atoms with Crippen molar-refractivity contribution in [3.8, 4) is 0 Å². The first-order valence-electron chi connectivity index (χ1n) is 4.27. The highest BCUT2D eigenvalue weighted by Crippen LogP contribution is 1.89. The van der Waals surface area contributed by atoms with Crippen LogP contribution in [0.3, 0.4) is 0 Å². The van der Waals surface area contributed by atoms with E-state index in [4.69, 9.17) is 4.74 Å². The Morgan fingerprint density at radius 1 is 1.75 bits per heavy atom. The highest BCUT2D eigenvalue weighted by molar-refractivity contribution is 5.81. The standard InChI is InChI=1S/C9H17NO2/c1-4-6-7-10-8(3)12-9(11)5-2/h5,8,10H,2,4,6-7H2,1,3H3. The molecule has 0 saturated heterocycles. The van der Waals surface area contributed by atoms with Crippen LogP contribution in [0.4, 0.5) is 0 Å². The zero-order valence-electron chi connectivity index (χ0n) is 7.80. The Morgan fingerprint density at radius 3 is 2.92 bits per heavy atom. The van der Waals surface area contributed by atoms with Crippen molar-refractivity contribution < 1.29 is 9.53 Å². The molecular formula is C9H17NO2. The largest absolute Gasteiger partial charge is 0.444 e. The zero-order valence-corrected chi connectivity index (χ0v) is 7.80. The number of ether oxygens (including phenoxy) is 1. The maximum atomic E-state index is 10.7. The molecule has 0 aromatic heterocycles. The van der Waals surface area contributed by atoms with Gasteiger partial charge in [-0.2, -0.15) is 0 Å². The molecule has 3 heteroatoms. The molecule has 0 aliphatic carbocycles. The van der Waals surface area contributed by atoms with Crippen LogP contribution in [0.25, 0.3) is 0 Å². The second-order valence-corrected chi connectivity index (χ2v) is 2.59. The van der Waals surface area contributed by atoms with E-state index in [-0.39, 0.29) is 12.2 Å². The molecule has 1 unspecified atom stereocenters. The fourth-order valence-corrected chi connectivity index (χ4v) is 0.746. The number of nitrogens with one attached hydrogen (secondary N) is 1. The monoisotopic (exact) mass is 171 g/mol. The summed E-state index contributed by atoms with van der Waals surface area (Å²) in [5.41, 5.74) is 0. The van der Waals surface area contributed by atoms with Crippen LogP contribution in [0.5, 0.6) is 0 Å². The van der Waals surface area contributed by atoms with Gasteiger partial charge in [0.15, 0.2) is 6.23 Å². The Bertz CT molecular complexity index is 145. The minimum absolute atomic E-state index is 0.220. The zero-order chi connectivity index (χ0) is 9.40. The lowest BCUT2D eigenvalue weighted by molar-refractivity contribution is -0.143. The molecule has 0 aliphatic heterocycles. The summed E-state index contributed by atoms with van der Waals surface area (Å²) in [6.07, 6.45) is 3.17. The topological polar surface area (TPSA) is 38.3 Å². The second-order valence-electron chi connectivity index (χ2n) is 2.59. The number of unbranched alkanes of at least 4 members (excludes halogenated alkanes) is 1. The molecule has 70 valence electrons. The molecule has 0 rings (SSSR count). The fourth-order valence-electron chi connectivity index (χ4n) is 0.746. The number of rotatable bonds is 6. The van der Waals surface area contributed by atoms with Gasteiger partial charge in [-0.05, 0) is 19.9 Å². The van der Waals surface area contributed by atoms with Crippen LogP contribution >= 0.6 is 0 Å². The summed E-state index contributed by atoms with van der Waals surface area (Å²) in [6, 6.07) is 0. The van der Waals surface area contributed by atoms with Gasteiger partial charge in [0, 0.05) is 6.08 Å². The molecule has 3 nitrogen and oxygen atoms in total. The lowest BCUT2D eigenvalue weighted by Gasteiger charge is -2.12. The number of hydrogen-bond donors (Lipinski definition) is 1. The van der Waals surface area contributed by atoms with Crippen LogP contribution in [0.15, 0.2) is 12.7 Å².